The highest BCUT2D eigenvalue weighted by Crippen LogP contribution is 2.28. The highest BCUT2D eigenvalue weighted by Gasteiger charge is 2.28. The molecule has 1 saturated heterocycles. The Hall–Kier alpha value is -2.17. The Morgan fingerprint density at radius 1 is 1.36 bits per heavy atom. The van der Waals surface area contributed by atoms with Crippen molar-refractivity contribution in [2.24, 2.45) is 0 Å². The van der Waals surface area contributed by atoms with E-state index in [9.17, 15) is 18.0 Å². The average Bonchev–Trinajstić information content (AvgIpc) is 3.25. The van der Waals surface area contributed by atoms with Gasteiger partial charge < -0.3 is 9.73 Å². The summed E-state index contributed by atoms with van der Waals surface area (Å²) < 4.78 is 28.9. The van der Waals surface area contributed by atoms with E-state index in [1.165, 1.54) is 23.1 Å². The maximum atomic E-state index is 12.2. The number of hydrogen-bond donors (Lipinski definition) is 1. The molecule has 0 radical (unpaired) electrons. The highest BCUT2D eigenvalue weighted by atomic mass is 32.2. The third-order valence-electron chi connectivity index (χ3n) is 4.32. The smallest absolute Gasteiger partial charge is 0.345 e. The summed E-state index contributed by atoms with van der Waals surface area (Å²) in [6.45, 7) is 0. The molecule has 0 spiro atoms. The molecule has 1 aliphatic rings. The molecule has 1 atom stereocenters. The lowest BCUT2D eigenvalue weighted by Gasteiger charge is -2.09. The second-order valence-corrected chi connectivity index (χ2v) is 10.7. The lowest BCUT2D eigenvalue weighted by molar-refractivity contribution is -0.119. The van der Waals surface area contributed by atoms with Crippen molar-refractivity contribution in [3.05, 3.63) is 46.1 Å². The number of carbonyl (C=O) groups is 1. The maximum absolute atomic E-state index is 12.2. The van der Waals surface area contributed by atoms with Gasteiger partial charge in [-0.1, -0.05) is 30.0 Å². The van der Waals surface area contributed by atoms with E-state index in [4.69, 9.17) is 4.42 Å². The van der Waals surface area contributed by atoms with Crippen molar-refractivity contribution in [3.63, 3.8) is 0 Å². The van der Waals surface area contributed by atoms with Crippen LogP contribution in [0.15, 0.2) is 49.3 Å². The van der Waals surface area contributed by atoms with Crippen LogP contribution in [0.3, 0.4) is 0 Å². The minimum Gasteiger partial charge on any atom is -0.422 e. The van der Waals surface area contributed by atoms with Gasteiger partial charge in [0.05, 0.1) is 28.5 Å². The highest BCUT2D eigenvalue weighted by molar-refractivity contribution is 8.01. The van der Waals surface area contributed by atoms with Gasteiger partial charge in [-0.3, -0.25) is 4.79 Å². The summed E-state index contributed by atoms with van der Waals surface area (Å²) in [6, 6.07) is 8.69. The third kappa shape index (κ3) is 4.29. The van der Waals surface area contributed by atoms with Gasteiger partial charge in [-0.2, -0.15) is 0 Å². The van der Waals surface area contributed by atoms with Crippen molar-refractivity contribution in [2.75, 3.05) is 17.3 Å². The van der Waals surface area contributed by atoms with Crippen molar-refractivity contribution in [1.82, 2.24) is 10.3 Å². The number of thiazole rings is 1. The Balaban J connectivity index is 1.41. The molecule has 1 amide bonds. The van der Waals surface area contributed by atoms with Crippen molar-refractivity contribution in [1.29, 1.82) is 0 Å². The Labute approximate surface area is 169 Å². The SMILES string of the molecule is O=C(CSc1nc(-c2cc3ccccc3oc2=O)cs1)NC1CCS(=O)(=O)C1. The van der Waals surface area contributed by atoms with Crippen LogP contribution < -0.4 is 10.9 Å². The summed E-state index contributed by atoms with van der Waals surface area (Å²) >= 11 is 2.59. The van der Waals surface area contributed by atoms with Crippen molar-refractivity contribution in [3.8, 4) is 11.3 Å². The minimum absolute atomic E-state index is 0.00253. The Morgan fingerprint density at radius 2 is 2.18 bits per heavy atom. The molecule has 1 aliphatic heterocycles. The summed E-state index contributed by atoms with van der Waals surface area (Å²) in [5.74, 6) is 0.0299. The molecule has 0 saturated carbocycles. The van der Waals surface area contributed by atoms with Gasteiger partial charge in [-0.25, -0.2) is 18.2 Å². The number of carbonyl (C=O) groups excluding carboxylic acids is 1. The minimum atomic E-state index is -3.03. The first kappa shape index (κ1) is 19.2. The van der Waals surface area contributed by atoms with Gasteiger partial charge in [0.25, 0.3) is 0 Å². The zero-order valence-electron chi connectivity index (χ0n) is 14.6. The molecule has 1 N–H and O–H groups in total. The van der Waals surface area contributed by atoms with Crippen LogP contribution in [0.1, 0.15) is 6.42 Å². The fourth-order valence-electron chi connectivity index (χ4n) is 2.99. The van der Waals surface area contributed by atoms with Crippen molar-refractivity contribution < 1.29 is 17.6 Å². The van der Waals surface area contributed by atoms with Crippen LogP contribution in [0.4, 0.5) is 0 Å². The number of nitrogens with zero attached hydrogens (tertiary/aromatic N) is 1. The standard InChI is InChI=1S/C18H16N2O5S3/c21-16(19-12-5-6-28(23,24)10-12)9-27-18-20-14(8-26-18)13-7-11-3-1-2-4-15(11)25-17(13)22/h1-4,7-8,12H,5-6,9-10H2,(H,19,21). The predicted molar refractivity (Wildman–Crippen MR) is 110 cm³/mol. The lowest BCUT2D eigenvalue weighted by atomic mass is 10.1. The summed E-state index contributed by atoms with van der Waals surface area (Å²) in [6.07, 6.45) is 0.456. The average molecular weight is 437 g/mol. The summed E-state index contributed by atoms with van der Waals surface area (Å²) in [4.78, 5) is 28.7. The van der Waals surface area contributed by atoms with Gasteiger partial charge in [0.1, 0.15) is 5.58 Å². The number of para-hydroxylation sites is 1. The number of thioether (sulfide) groups is 1. The van der Waals surface area contributed by atoms with E-state index in [1.54, 1.807) is 23.6 Å². The number of benzene rings is 1. The normalized spacial score (nSPS) is 18.4. The van der Waals surface area contributed by atoms with E-state index in [2.05, 4.69) is 10.3 Å². The number of amides is 1. The van der Waals surface area contributed by atoms with E-state index in [0.717, 1.165) is 5.39 Å². The second-order valence-electron chi connectivity index (χ2n) is 6.44. The summed E-state index contributed by atoms with van der Waals surface area (Å²) in [7, 11) is -3.03. The largest absolute Gasteiger partial charge is 0.422 e. The fraction of sp³-hybridized carbons (Fsp3) is 0.278. The van der Waals surface area contributed by atoms with Crippen LogP contribution >= 0.6 is 23.1 Å². The van der Waals surface area contributed by atoms with Crippen LogP contribution in [0, 0.1) is 0 Å². The van der Waals surface area contributed by atoms with Crippen LogP contribution in [-0.4, -0.2) is 42.6 Å². The van der Waals surface area contributed by atoms with Crippen LogP contribution in [0.25, 0.3) is 22.2 Å². The topological polar surface area (TPSA) is 106 Å². The number of nitrogens with one attached hydrogen (secondary N) is 1. The van der Waals surface area contributed by atoms with Gasteiger partial charge in [0, 0.05) is 16.8 Å². The van der Waals surface area contributed by atoms with Crippen LogP contribution in [-0.2, 0) is 14.6 Å². The van der Waals surface area contributed by atoms with Crippen LogP contribution in [0.5, 0.6) is 0 Å². The van der Waals surface area contributed by atoms with E-state index in [0.29, 0.717) is 27.6 Å². The lowest BCUT2D eigenvalue weighted by Crippen LogP contribution is -2.36. The quantitative estimate of drug-likeness (QED) is 0.483. The van der Waals surface area contributed by atoms with Crippen molar-refractivity contribution >= 4 is 49.8 Å². The van der Waals surface area contributed by atoms with Gasteiger partial charge in [-0.15, -0.1) is 11.3 Å². The Kier molecular flexibility index (Phi) is 5.26. The fourth-order valence-corrected chi connectivity index (χ4v) is 6.30. The summed E-state index contributed by atoms with van der Waals surface area (Å²) in [5, 5.41) is 5.31. The van der Waals surface area contributed by atoms with E-state index >= 15 is 0 Å². The number of rotatable bonds is 5. The van der Waals surface area contributed by atoms with Gasteiger partial charge in [0.2, 0.25) is 5.91 Å². The molecule has 0 aliphatic carbocycles. The number of hydrogen-bond acceptors (Lipinski definition) is 8. The number of sulfone groups is 1. The summed E-state index contributed by atoms with van der Waals surface area (Å²) in [5.41, 5.74) is 0.948. The van der Waals surface area contributed by atoms with Gasteiger partial charge >= 0.3 is 5.63 Å². The second kappa shape index (κ2) is 7.69. The molecule has 28 heavy (non-hydrogen) atoms. The van der Waals surface area contributed by atoms with Crippen LogP contribution in [0.2, 0.25) is 0 Å². The van der Waals surface area contributed by atoms with E-state index in [-0.39, 0.29) is 29.2 Å². The molecule has 7 nitrogen and oxygen atoms in total. The zero-order valence-corrected chi connectivity index (χ0v) is 17.0. The Morgan fingerprint density at radius 3 is 2.96 bits per heavy atom. The molecule has 1 unspecified atom stereocenters. The van der Waals surface area contributed by atoms with E-state index in [1.807, 2.05) is 12.1 Å². The van der Waals surface area contributed by atoms with Crippen molar-refractivity contribution in [2.45, 2.75) is 16.8 Å². The molecule has 10 heteroatoms. The maximum Gasteiger partial charge on any atom is 0.345 e. The first-order chi connectivity index (χ1) is 13.4. The predicted octanol–water partition coefficient (Wildman–Crippen LogP) is 2.31. The number of fused-ring (bicyclic) bond motifs is 1. The monoisotopic (exact) mass is 436 g/mol. The zero-order chi connectivity index (χ0) is 19.7. The third-order valence-corrected chi connectivity index (χ3v) is 8.11. The molecule has 2 aromatic heterocycles. The molecule has 4 rings (SSSR count). The molecule has 3 aromatic rings. The molecule has 1 fully saturated rings. The first-order valence-corrected chi connectivity index (χ1v) is 12.2. The molecule has 0 bridgehead atoms. The number of aromatic nitrogens is 1. The molecular formula is C18H16N2O5S3. The molecular weight excluding hydrogens is 420 g/mol. The first-order valence-electron chi connectivity index (χ1n) is 8.51. The molecule has 3 heterocycles. The van der Waals surface area contributed by atoms with Gasteiger partial charge in [0.15, 0.2) is 14.2 Å². The molecule has 1 aromatic carbocycles. The molecule has 146 valence electrons. The van der Waals surface area contributed by atoms with Gasteiger partial charge in [-0.05, 0) is 18.6 Å². The Bertz CT molecular complexity index is 1200. The van der Waals surface area contributed by atoms with E-state index < -0.39 is 15.5 Å².